The number of nitrogens with zero attached hydrogens (tertiary/aromatic N) is 4. The molecule has 106 valence electrons. The third kappa shape index (κ3) is 3.40. The number of carbonyl (C=O) groups excluding carboxylic acids is 1. The van der Waals surface area contributed by atoms with Crippen LogP contribution in [0, 0.1) is 0 Å². The Morgan fingerprint density at radius 2 is 2.35 bits per heavy atom. The minimum atomic E-state index is 0.0586. The predicted octanol–water partition coefficient (Wildman–Crippen LogP) is 2.75. The molecule has 20 heavy (non-hydrogen) atoms. The molecule has 0 aromatic carbocycles. The number of hydrogen-bond acceptors (Lipinski definition) is 4. The number of carbonyl (C=O) groups is 1. The van der Waals surface area contributed by atoms with Gasteiger partial charge in [-0.3, -0.25) is 9.78 Å². The smallest absolute Gasteiger partial charge is 0.236 e. The molecule has 0 unspecified atom stereocenters. The van der Waals surface area contributed by atoms with Crippen LogP contribution < -0.4 is 4.90 Å². The molecule has 2 aromatic rings. The molecule has 7 heteroatoms. The van der Waals surface area contributed by atoms with Crippen LogP contribution in [-0.2, 0) is 4.79 Å². The number of halogens is 1. The van der Waals surface area contributed by atoms with Crippen molar-refractivity contribution in [3.8, 4) is 5.69 Å². The van der Waals surface area contributed by atoms with Crippen molar-refractivity contribution in [2.45, 2.75) is 6.92 Å². The highest BCUT2D eigenvalue weighted by Gasteiger charge is 2.17. The summed E-state index contributed by atoms with van der Waals surface area (Å²) in [4.78, 5) is 17.7. The number of hydrogen-bond donors (Lipinski definition) is 0. The first-order valence-electron chi connectivity index (χ1n) is 6.13. The number of aromatic nitrogens is 3. The maximum atomic E-state index is 12.0. The zero-order chi connectivity index (χ0) is 14.5. The first-order valence-corrected chi connectivity index (χ1v) is 8.08. The fourth-order valence-corrected chi connectivity index (χ4v) is 2.72. The Labute approximate surface area is 130 Å². The first-order chi connectivity index (χ1) is 9.63. The van der Waals surface area contributed by atoms with Crippen LogP contribution in [0.1, 0.15) is 6.92 Å². The van der Waals surface area contributed by atoms with E-state index in [2.05, 4.69) is 26.0 Å². The Morgan fingerprint density at radius 1 is 1.55 bits per heavy atom. The number of pyridine rings is 1. The molecular formula is C13H15BrN4OS. The fourth-order valence-electron chi connectivity index (χ4n) is 1.61. The van der Waals surface area contributed by atoms with Crippen LogP contribution in [0.25, 0.3) is 5.69 Å². The largest absolute Gasteiger partial charge is 0.311 e. The fraction of sp³-hybridized carbons (Fsp3) is 0.308. The standard InChI is InChI=1S/C13H15BrN4OS/c1-3-20-9-12(19)17(2)11-8-18(16-13(11)14)10-5-4-6-15-7-10/h4-8H,3,9H2,1-2H3. The van der Waals surface area contributed by atoms with Crippen LogP contribution >= 0.6 is 27.7 Å². The van der Waals surface area contributed by atoms with Crippen LogP contribution in [0.15, 0.2) is 35.3 Å². The lowest BCUT2D eigenvalue weighted by Crippen LogP contribution is -2.28. The lowest BCUT2D eigenvalue weighted by Gasteiger charge is -2.15. The summed E-state index contributed by atoms with van der Waals surface area (Å²) in [6.45, 7) is 2.04. The van der Waals surface area contributed by atoms with Crippen molar-refractivity contribution in [1.29, 1.82) is 0 Å². The van der Waals surface area contributed by atoms with Gasteiger partial charge >= 0.3 is 0 Å². The highest BCUT2D eigenvalue weighted by atomic mass is 79.9. The second kappa shape index (κ2) is 6.90. The summed E-state index contributed by atoms with van der Waals surface area (Å²) in [6.07, 6.45) is 5.24. The number of rotatable bonds is 5. The molecule has 0 bridgehead atoms. The Kier molecular flexibility index (Phi) is 5.19. The molecule has 0 saturated heterocycles. The first kappa shape index (κ1) is 15.1. The Balaban J connectivity index is 2.21. The Hall–Kier alpha value is -1.34. The normalized spacial score (nSPS) is 10.6. The van der Waals surface area contributed by atoms with Gasteiger partial charge in [0.1, 0.15) is 0 Å². The van der Waals surface area contributed by atoms with E-state index < -0.39 is 0 Å². The molecule has 0 fully saturated rings. The molecular weight excluding hydrogens is 340 g/mol. The van der Waals surface area contributed by atoms with E-state index in [1.165, 1.54) is 0 Å². The number of amides is 1. The van der Waals surface area contributed by atoms with Crippen molar-refractivity contribution >= 4 is 39.3 Å². The minimum Gasteiger partial charge on any atom is -0.311 e. The number of anilines is 1. The molecule has 0 aliphatic carbocycles. The zero-order valence-corrected chi connectivity index (χ0v) is 13.7. The Bertz CT molecular complexity index is 587. The zero-order valence-electron chi connectivity index (χ0n) is 11.3. The van der Waals surface area contributed by atoms with E-state index in [4.69, 9.17) is 0 Å². The van der Waals surface area contributed by atoms with E-state index >= 15 is 0 Å². The molecule has 5 nitrogen and oxygen atoms in total. The van der Waals surface area contributed by atoms with Gasteiger partial charge in [-0.05, 0) is 33.8 Å². The molecule has 0 aliphatic rings. The highest BCUT2D eigenvalue weighted by Crippen LogP contribution is 2.25. The maximum absolute atomic E-state index is 12.0. The summed E-state index contributed by atoms with van der Waals surface area (Å²) < 4.78 is 2.34. The maximum Gasteiger partial charge on any atom is 0.236 e. The van der Waals surface area contributed by atoms with E-state index in [9.17, 15) is 4.79 Å². The predicted molar refractivity (Wildman–Crippen MR) is 85.5 cm³/mol. The van der Waals surface area contributed by atoms with Gasteiger partial charge in [0.05, 0.1) is 29.5 Å². The van der Waals surface area contributed by atoms with Gasteiger partial charge in [-0.25, -0.2) is 4.68 Å². The van der Waals surface area contributed by atoms with Crippen LogP contribution in [0.2, 0.25) is 0 Å². The van der Waals surface area contributed by atoms with Crippen molar-refractivity contribution in [3.05, 3.63) is 35.3 Å². The van der Waals surface area contributed by atoms with E-state index in [-0.39, 0.29) is 5.91 Å². The molecule has 0 N–H and O–H groups in total. The average molecular weight is 355 g/mol. The lowest BCUT2D eigenvalue weighted by atomic mass is 10.4. The van der Waals surface area contributed by atoms with Crippen molar-refractivity contribution < 1.29 is 4.79 Å². The molecule has 1 amide bonds. The quantitative estimate of drug-likeness (QED) is 0.828. The summed E-state index contributed by atoms with van der Waals surface area (Å²) in [7, 11) is 1.76. The molecule has 2 rings (SSSR count). The van der Waals surface area contributed by atoms with E-state index in [1.807, 2.05) is 25.3 Å². The van der Waals surface area contributed by atoms with Gasteiger partial charge in [0.15, 0.2) is 4.60 Å². The van der Waals surface area contributed by atoms with E-state index in [0.29, 0.717) is 10.4 Å². The van der Waals surface area contributed by atoms with Gasteiger partial charge in [-0.1, -0.05) is 6.92 Å². The molecule has 2 aromatic heterocycles. The van der Waals surface area contributed by atoms with Crippen LogP contribution in [0.3, 0.4) is 0 Å². The van der Waals surface area contributed by atoms with Crippen LogP contribution in [-0.4, -0.2) is 39.2 Å². The van der Waals surface area contributed by atoms with Crippen molar-refractivity contribution in [3.63, 3.8) is 0 Å². The monoisotopic (exact) mass is 354 g/mol. The van der Waals surface area contributed by atoms with Crippen LogP contribution in [0.4, 0.5) is 5.69 Å². The van der Waals surface area contributed by atoms with Gasteiger partial charge in [-0.2, -0.15) is 16.9 Å². The molecule has 0 saturated carbocycles. The average Bonchev–Trinajstić information content (AvgIpc) is 2.87. The summed E-state index contributed by atoms with van der Waals surface area (Å²) in [6, 6.07) is 3.75. The minimum absolute atomic E-state index is 0.0586. The number of thioether (sulfide) groups is 1. The Morgan fingerprint density at radius 3 is 3.00 bits per heavy atom. The van der Waals surface area contributed by atoms with Gasteiger partial charge < -0.3 is 4.90 Å². The lowest BCUT2D eigenvalue weighted by molar-refractivity contribution is -0.115. The molecule has 0 aliphatic heterocycles. The second-order valence-electron chi connectivity index (χ2n) is 4.05. The van der Waals surface area contributed by atoms with Gasteiger partial charge in [0.25, 0.3) is 0 Å². The van der Waals surface area contributed by atoms with E-state index in [1.54, 1.807) is 40.8 Å². The summed E-state index contributed by atoms with van der Waals surface area (Å²) >= 11 is 5.00. The summed E-state index contributed by atoms with van der Waals surface area (Å²) in [5, 5.41) is 4.36. The van der Waals surface area contributed by atoms with Crippen LogP contribution in [0.5, 0.6) is 0 Å². The van der Waals surface area contributed by atoms with Gasteiger partial charge in [0.2, 0.25) is 5.91 Å². The third-order valence-corrected chi connectivity index (χ3v) is 4.15. The molecule has 0 atom stereocenters. The molecule has 0 spiro atoms. The molecule has 0 radical (unpaired) electrons. The summed E-state index contributed by atoms with van der Waals surface area (Å²) in [5.74, 6) is 1.45. The van der Waals surface area contributed by atoms with Crippen molar-refractivity contribution in [2.24, 2.45) is 0 Å². The summed E-state index contributed by atoms with van der Waals surface area (Å²) in [5.41, 5.74) is 1.60. The third-order valence-electron chi connectivity index (χ3n) is 2.73. The van der Waals surface area contributed by atoms with E-state index in [0.717, 1.165) is 17.1 Å². The van der Waals surface area contributed by atoms with Gasteiger partial charge in [0, 0.05) is 13.2 Å². The van der Waals surface area contributed by atoms with Crippen molar-refractivity contribution in [2.75, 3.05) is 23.5 Å². The SMILES string of the molecule is CCSCC(=O)N(C)c1cn(-c2cccnc2)nc1Br. The van der Waals surface area contributed by atoms with Gasteiger partial charge in [-0.15, -0.1) is 0 Å². The topological polar surface area (TPSA) is 51.0 Å². The second-order valence-corrected chi connectivity index (χ2v) is 6.08. The van der Waals surface area contributed by atoms with Crippen molar-refractivity contribution in [1.82, 2.24) is 14.8 Å². The molecule has 2 heterocycles. The highest BCUT2D eigenvalue weighted by molar-refractivity contribution is 9.10.